The quantitative estimate of drug-likeness (QED) is 0.578. The van der Waals surface area contributed by atoms with Gasteiger partial charge in [-0.25, -0.2) is 0 Å². The molecule has 1 aromatic heterocycles. The van der Waals surface area contributed by atoms with Gasteiger partial charge < -0.3 is 9.64 Å². The summed E-state index contributed by atoms with van der Waals surface area (Å²) in [5.41, 5.74) is 0. The van der Waals surface area contributed by atoms with Gasteiger partial charge in [-0.3, -0.25) is 4.79 Å². The predicted molar refractivity (Wildman–Crippen MR) is 60.2 cm³/mol. The molecule has 0 amide bonds. The number of morpholine rings is 1. The van der Waals surface area contributed by atoms with Crippen LogP contribution in [0.4, 0.5) is 0 Å². The van der Waals surface area contributed by atoms with Crippen LogP contribution in [0.3, 0.4) is 0 Å². The molecule has 0 aromatic carbocycles. The van der Waals surface area contributed by atoms with Crippen LogP contribution in [-0.4, -0.2) is 37.0 Å². The van der Waals surface area contributed by atoms with Crippen LogP contribution in [0.1, 0.15) is 9.67 Å². The van der Waals surface area contributed by atoms with Crippen molar-refractivity contribution in [1.29, 1.82) is 0 Å². The summed E-state index contributed by atoms with van der Waals surface area (Å²) in [5, 5.41) is 1.91. The lowest BCUT2D eigenvalue weighted by Gasteiger charge is -2.24. The molecule has 0 N–H and O–H groups in total. The normalized spacial score (nSPS) is 17.2. The van der Waals surface area contributed by atoms with Crippen molar-refractivity contribution in [2.24, 2.45) is 0 Å². The van der Waals surface area contributed by atoms with Crippen LogP contribution >= 0.6 is 11.3 Å². The zero-order chi connectivity index (χ0) is 10.5. The fourth-order valence-corrected chi connectivity index (χ4v) is 2.05. The Bertz CT molecular complexity index is 339. The van der Waals surface area contributed by atoms with Gasteiger partial charge in [0.2, 0.25) is 0 Å². The summed E-state index contributed by atoms with van der Waals surface area (Å²) in [4.78, 5) is 14.5. The average Bonchev–Trinajstić information content (AvgIpc) is 2.81. The number of carbonyl (C=O) groups excluding carboxylic acids is 1. The summed E-state index contributed by atoms with van der Waals surface area (Å²) in [5.74, 6) is 0.0801. The molecule has 3 nitrogen and oxygen atoms in total. The first-order valence-corrected chi connectivity index (χ1v) is 5.82. The largest absolute Gasteiger partial charge is 0.378 e. The molecule has 0 bridgehead atoms. The summed E-state index contributed by atoms with van der Waals surface area (Å²) in [7, 11) is 0. The van der Waals surface area contributed by atoms with Crippen LogP contribution < -0.4 is 0 Å². The number of ketones is 1. The van der Waals surface area contributed by atoms with E-state index in [-0.39, 0.29) is 5.78 Å². The minimum atomic E-state index is 0.0801. The fourth-order valence-electron chi connectivity index (χ4n) is 1.40. The van der Waals surface area contributed by atoms with Gasteiger partial charge in [-0.2, -0.15) is 0 Å². The predicted octanol–water partition coefficient (Wildman–Crippen LogP) is 1.78. The van der Waals surface area contributed by atoms with Crippen molar-refractivity contribution >= 4 is 17.1 Å². The number of allylic oxidation sites excluding steroid dienone is 1. The van der Waals surface area contributed by atoms with Crippen molar-refractivity contribution in [2.75, 3.05) is 26.3 Å². The van der Waals surface area contributed by atoms with Crippen molar-refractivity contribution < 1.29 is 9.53 Å². The molecule has 4 heteroatoms. The van der Waals surface area contributed by atoms with Crippen LogP contribution in [0.5, 0.6) is 0 Å². The lowest BCUT2D eigenvalue weighted by molar-refractivity contribution is 0.0591. The van der Waals surface area contributed by atoms with Crippen LogP contribution in [0, 0.1) is 0 Å². The molecule has 0 atom stereocenters. The second kappa shape index (κ2) is 5.09. The molecule has 0 saturated carbocycles. The highest BCUT2D eigenvalue weighted by Gasteiger charge is 2.07. The molecule has 15 heavy (non-hydrogen) atoms. The highest BCUT2D eigenvalue weighted by molar-refractivity contribution is 7.12. The van der Waals surface area contributed by atoms with E-state index in [9.17, 15) is 4.79 Å². The van der Waals surface area contributed by atoms with Crippen LogP contribution in [0.25, 0.3) is 0 Å². The molecular weight excluding hydrogens is 210 g/mol. The Hall–Kier alpha value is -1.13. The van der Waals surface area contributed by atoms with Gasteiger partial charge in [0.1, 0.15) is 0 Å². The summed E-state index contributed by atoms with van der Waals surface area (Å²) in [6.45, 7) is 3.23. The molecule has 1 aliphatic heterocycles. The molecular formula is C11H13NO2S. The maximum absolute atomic E-state index is 11.6. The summed E-state index contributed by atoms with van der Waals surface area (Å²) < 4.78 is 5.22. The van der Waals surface area contributed by atoms with E-state index < -0.39 is 0 Å². The molecule has 1 aromatic rings. The molecule has 1 saturated heterocycles. The summed E-state index contributed by atoms with van der Waals surface area (Å²) in [6.07, 6.45) is 3.50. The van der Waals surface area contributed by atoms with E-state index in [1.54, 1.807) is 6.08 Å². The Labute approximate surface area is 93.0 Å². The topological polar surface area (TPSA) is 29.5 Å². The first-order chi connectivity index (χ1) is 7.36. The Morgan fingerprint density at radius 3 is 2.93 bits per heavy atom. The monoisotopic (exact) mass is 223 g/mol. The lowest BCUT2D eigenvalue weighted by Crippen LogP contribution is -2.32. The van der Waals surface area contributed by atoms with Gasteiger partial charge in [0.25, 0.3) is 0 Å². The van der Waals surface area contributed by atoms with Crippen LogP contribution in [-0.2, 0) is 4.74 Å². The Morgan fingerprint density at radius 1 is 1.47 bits per heavy atom. The third kappa shape index (κ3) is 2.91. The highest BCUT2D eigenvalue weighted by atomic mass is 32.1. The van der Waals surface area contributed by atoms with Gasteiger partial charge in [-0.05, 0) is 11.4 Å². The zero-order valence-corrected chi connectivity index (χ0v) is 9.20. The van der Waals surface area contributed by atoms with Crippen molar-refractivity contribution in [2.45, 2.75) is 0 Å². The average molecular weight is 223 g/mol. The van der Waals surface area contributed by atoms with Crippen LogP contribution in [0.2, 0.25) is 0 Å². The number of carbonyl (C=O) groups is 1. The van der Waals surface area contributed by atoms with E-state index in [0.717, 1.165) is 31.2 Å². The minimum absolute atomic E-state index is 0.0801. The van der Waals surface area contributed by atoms with Crippen molar-refractivity contribution in [1.82, 2.24) is 4.90 Å². The maximum atomic E-state index is 11.6. The molecule has 80 valence electrons. The molecule has 0 unspecified atom stereocenters. The number of hydrogen-bond acceptors (Lipinski definition) is 4. The van der Waals surface area contributed by atoms with Gasteiger partial charge in [-0.15, -0.1) is 11.3 Å². The van der Waals surface area contributed by atoms with E-state index in [1.807, 2.05) is 23.7 Å². The fraction of sp³-hybridized carbons (Fsp3) is 0.364. The zero-order valence-electron chi connectivity index (χ0n) is 8.39. The van der Waals surface area contributed by atoms with E-state index in [1.165, 1.54) is 11.3 Å². The summed E-state index contributed by atoms with van der Waals surface area (Å²) in [6, 6.07) is 3.73. The lowest BCUT2D eigenvalue weighted by atomic mass is 10.3. The molecule has 2 rings (SSSR count). The van der Waals surface area contributed by atoms with Gasteiger partial charge in [-0.1, -0.05) is 6.07 Å². The third-order valence-electron chi connectivity index (χ3n) is 2.25. The highest BCUT2D eigenvalue weighted by Crippen LogP contribution is 2.10. The SMILES string of the molecule is O=C(C=CN1CCOCC1)c1cccs1. The van der Waals surface area contributed by atoms with Crippen LogP contribution in [0.15, 0.2) is 29.8 Å². The number of rotatable bonds is 3. The minimum Gasteiger partial charge on any atom is -0.378 e. The number of hydrogen-bond donors (Lipinski definition) is 0. The third-order valence-corrected chi connectivity index (χ3v) is 3.13. The molecule has 1 fully saturated rings. The second-order valence-electron chi connectivity index (χ2n) is 3.31. The molecule has 0 radical (unpaired) electrons. The molecule has 1 aliphatic rings. The first-order valence-electron chi connectivity index (χ1n) is 4.94. The molecule has 0 aliphatic carbocycles. The molecule has 0 spiro atoms. The van der Waals surface area contributed by atoms with Gasteiger partial charge in [0.15, 0.2) is 5.78 Å². The van der Waals surface area contributed by atoms with Gasteiger partial charge in [0, 0.05) is 25.4 Å². The van der Waals surface area contributed by atoms with E-state index >= 15 is 0 Å². The van der Waals surface area contributed by atoms with Crippen molar-refractivity contribution in [3.05, 3.63) is 34.7 Å². The Morgan fingerprint density at radius 2 is 2.27 bits per heavy atom. The first kappa shape index (κ1) is 10.4. The van der Waals surface area contributed by atoms with Gasteiger partial charge >= 0.3 is 0 Å². The second-order valence-corrected chi connectivity index (χ2v) is 4.25. The van der Waals surface area contributed by atoms with Crippen molar-refractivity contribution in [3.63, 3.8) is 0 Å². The van der Waals surface area contributed by atoms with E-state index in [4.69, 9.17) is 4.74 Å². The van der Waals surface area contributed by atoms with Crippen molar-refractivity contribution in [3.8, 4) is 0 Å². The Kier molecular flexibility index (Phi) is 3.53. The molecule has 2 heterocycles. The standard InChI is InChI=1S/C11H13NO2S/c13-10(11-2-1-9-15-11)3-4-12-5-7-14-8-6-12/h1-4,9H,5-8H2. The Balaban J connectivity index is 1.90. The van der Waals surface area contributed by atoms with Gasteiger partial charge in [0.05, 0.1) is 18.1 Å². The number of nitrogens with zero attached hydrogens (tertiary/aromatic N) is 1. The number of thiophene rings is 1. The maximum Gasteiger partial charge on any atom is 0.197 e. The smallest absolute Gasteiger partial charge is 0.197 e. The van der Waals surface area contributed by atoms with E-state index in [0.29, 0.717) is 0 Å². The van der Waals surface area contributed by atoms with E-state index in [2.05, 4.69) is 4.90 Å². The number of ether oxygens (including phenoxy) is 1. The summed E-state index contributed by atoms with van der Waals surface area (Å²) >= 11 is 1.47.